The number of furan rings is 1. The zero-order valence-electron chi connectivity index (χ0n) is 16.6. The molecule has 1 aliphatic rings. The van der Waals surface area contributed by atoms with E-state index >= 15 is 0 Å². The van der Waals surface area contributed by atoms with Gasteiger partial charge in [-0.2, -0.15) is 5.26 Å². The van der Waals surface area contributed by atoms with E-state index in [1.165, 1.54) is 29.9 Å². The minimum atomic E-state index is -0.459. The highest BCUT2D eigenvalue weighted by atomic mass is 32.1. The molecule has 3 rings (SSSR count). The molecule has 30 heavy (non-hydrogen) atoms. The number of ether oxygens (including phenoxy) is 2. The number of carbonyl (C=O) groups excluding carboxylic acids is 2. The molecule has 0 spiro atoms. The van der Waals surface area contributed by atoms with Gasteiger partial charge in [0.1, 0.15) is 11.1 Å². The summed E-state index contributed by atoms with van der Waals surface area (Å²) in [6.45, 7) is 1.14. The van der Waals surface area contributed by atoms with Crippen LogP contribution in [0.15, 0.2) is 29.1 Å². The van der Waals surface area contributed by atoms with Gasteiger partial charge in [-0.1, -0.05) is 0 Å². The van der Waals surface area contributed by atoms with Crippen LogP contribution in [-0.4, -0.2) is 38.9 Å². The number of carbonyl (C=O) groups is 2. The van der Waals surface area contributed by atoms with Crippen LogP contribution in [0.5, 0.6) is 0 Å². The second-order valence-corrected chi connectivity index (χ2v) is 7.93. The summed E-state index contributed by atoms with van der Waals surface area (Å²) < 4.78 is 15.1. The van der Waals surface area contributed by atoms with Crippen LogP contribution in [0.1, 0.15) is 28.0 Å². The molecule has 0 saturated carbocycles. The summed E-state index contributed by atoms with van der Waals surface area (Å²) in [7, 11) is 1.57. The second kappa shape index (κ2) is 10.6. The summed E-state index contributed by atoms with van der Waals surface area (Å²) in [5.41, 5.74) is 2.29. The number of amides is 2. The second-order valence-electron chi connectivity index (χ2n) is 6.83. The van der Waals surface area contributed by atoms with E-state index in [0.717, 1.165) is 28.8 Å². The van der Waals surface area contributed by atoms with Gasteiger partial charge in [-0.3, -0.25) is 4.79 Å². The van der Waals surface area contributed by atoms with Crippen LogP contribution >= 0.6 is 11.3 Å². The third-order valence-corrected chi connectivity index (χ3v) is 5.88. The zero-order valence-corrected chi connectivity index (χ0v) is 17.4. The fourth-order valence-corrected chi connectivity index (χ4v) is 4.51. The Hall–Kier alpha value is -3.09. The van der Waals surface area contributed by atoms with Crippen LogP contribution in [0.2, 0.25) is 0 Å². The lowest BCUT2D eigenvalue weighted by Crippen LogP contribution is -2.30. The van der Waals surface area contributed by atoms with Crippen molar-refractivity contribution in [1.82, 2.24) is 5.32 Å². The molecule has 2 aromatic heterocycles. The Labute approximate surface area is 178 Å². The quantitative estimate of drug-likeness (QED) is 0.491. The van der Waals surface area contributed by atoms with Gasteiger partial charge in [-0.15, -0.1) is 11.3 Å². The molecule has 2 heterocycles. The third-order valence-electron chi connectivity index (χ3n) is 4.71. The molecule has 1 unspecified atom stereocenters. The van der Waals surface area contributed by atoms with Gasteiger partial charge in [0.2, 0.25) is 5.91 Å². The van der Waals surface area contributed by atoms with Crippen LogP contribution in [0.3, 0.4) is 0 Å². The molecule has 1 aliphatic carbocycles. The molecule has 0 aromatic carbocycles. The van der Waals surface area contributed by atoms with Gasteiger partial charge < -0.3 is 24.5 Å². The van der Waals surface area contributed by atoms with E-state index in [1.54, 1.807) is 19.3 Å². The van der Waals surface area contributed by atoms with E-state index in [-0.39, 0.29) is 11.8 Å². The zero-order chi connectivity index (χ0) is 21.3. The molecule has 0 radical (unpaired) electrons. The monoisotopic (exact) mass is 429 g/mol. The van der Waals surface area contributed by atoms with E-state index in [4.69, 9.17) is 13.9 Å². The summed E-state index contributed by atoms with van der Waals surface area (Å²) in [6.07, 6.45) is 7.90. The number of alkyl carbamates (subject to hydrolysis) is 1. The number of nitrogens with zero attached hydrogens (tertiary/aromatic N) is 1. The van der Waals surface area contributed by atoms with E-state index in [0.29, 0.717) is 36.7 Å². The van der Waals surface area contributed by atoms with Crippen molar-refractivity contribution in [2.24, 2.45) is 5.92 Å². The number of hydrogen-bond acceptors (Lipinski definition) is 7. The van der Waals surface area contributed by atoms with Crippen LogP contribution in [0, 0.1) is 17.2 Å². The lowest BCUT2D eigenvalue weighted by atomic mass is 9.88. The number of nitrogens with one attached hydrogen (secondary N) is 2. The van der Waals surface area contributed by atoms with Crippen LogP contribution in [0.25, 0.3) is 6.08 Å². The van der Waals surface area contributed by atoms with Crippen LogP contribution in [0.4, 0.5) is 9.80 Å². The van der Waals surface area contributed by atoms with Gasteiger partial charge in [0.15, 0.2) is 0 Å². The van der Waals surface area contributed by atoms with Crippen molar-refractivity contribution in [3.8, 4) is 6.07 Å². The Kier molecular flexibility index (Phi) is 7.65. The Morgan fingerprint density at radius 2 is 2.33 bits per heavy atom. The highest BCUT2D eigenvalue weighted by Crippen LogP contribution is 2.39. The maximum Gasteiger partial charge on any atom is 0.407 e. The van der Waals surface area contributed by atoms with Crippen molar-refractivity contribution in [2.75, 3.05) is 32.2 Å². The summed E-state index contributed by atoms with van der Waals surface area (Å²) in [5.74, 6) is -0.126. The maximum atomic E-state index is 12.2. The van der Waals surface area contributed by atoms with Gasteiger partial charge in [-0.25, -0.2) is 4.79 Å². The first-order valence-corrected chi connectivity index (χ1v) is 10.4. The normalized spacial score (nSPS) is 15.4. The lowest BCUT2D eigenvalue weighted by molar-refractivity contribution is -0.111. The van der Waals surface area contributed by atoms with E-state index in [1.807, 2.05) is 0 Å². The number of anilines is 1. The molecule has 9 heteroatoms. The Balaban J connectivity index is 1.58. The van der Waals surface area contributed by atoms with Crippen LogP contribution < -0.4 is 10.6 Å². The highest BCUT2D eigenvalue weighted by molar-refractivity contribution is 7.16. The van der Waals surface area contributed by atoms with Gasteiger partial charge in [-0.05, 0) is 42.9 Å². The molecule has 2 aromatic rings. The first-order chi connectivity index (χ1) is 14.6. The van der Waals surface area contributed by atoms with Crippen molar-refractivity contribution in [1.29, 1.82) is 5.26 Å². The van der Waals surface area contributed by atoms with Crippen molar-refractivity contribution >= 4 is 34.4 Å². The molecular weight excluding hydrogens is 406 g/mol. The standard InChI is InChI=1S/C21H23N3O5S/c1-27-9-7-23-21(26)29-13-15-2-4-16-17(11-22)20(30-18(16)10-15)24-19(25)5-3-14-6-8-28-12-14/h3,5-6,8,12,15H,2,4,7,9-10,13H2,1H3,(H,23,26)(H,24,25). The molecule has 0 saturated heterocycles. The molecule has 0 aliphatic heterocycles. The molecule has 2 amide bonds. The summed E-state index contributed by atoms with van der Waals surface area (Å²) >= 11 is 1.41. The predicted octanol–water partition coefficient (Wildman–Crippen LogP) is 3.34. The predicted molar refractivity (Wildman–Crippen MR) is 112 cm³/mol. The first-order valence-electron chi connectivity index (χ1n) is 9.56. The molecule has 2 N–H and O–H groups in total. The number of rotatable bonds is 8. The van der Waals surface area contributed by atoms with Gasteiger partial charge in [0, 0.05) is 30.2 Å². The smallest absolute Gasteiger partial charge is 0.407 e. The SMILES string of the molecule is COCCNC(=O)OCC1CCc2c(sc(NC(=O)C=Cc3ccoc3)c2C#N)C1. The number of fused-ring (bicyclic) bond motifs is 1. The number of thiophene rings is 1. The first kappa shape index (κ1) is 21.6. The average molecular weight is 429 g/mol. The Morgan fingerprint density at radius 1 is 1.47 bits per heavy atom. The van der Waals surface area contributed by atoms with Gasteiger partial charge in [0.05, 0.1) is 31.3 Å². The largest absolute Gasteiger partial charge is 0.472 e. The fourth-order valence-electron chi connectivity index (χ4n) is 3.20. The average Bonchev–Trinajstić information content (AvgIpc) is 3.37. The summed E-state index contributed by atoms with van der Waals surface area (Å²) in [5, 5.41) is 15.6. The van der Waals surface area contributed by atoms with Crippen LogP contribution in [-0.2, 0) is 27.1 Å². The maximum absolute atomic E-state index is 12.2. The van der Waals surface area contributed by atoms with Crippen molar-refractivity contribution in [2.45, 2.75) is 19.3 Å². The highest BCUT2D eigenvalue weighted by Gasteiger charge is 2.27. The molecular formula is C21H23N3O5S. The molecule has 158 valence electrons. The topological polar surface area (TPSA) is 114 Å². The number of methoxy groups -OCH3 is 1. The van der Waals surface area contributed by atoms with E-state index < -0.39 is 6.09 Å². The van der Waals surface area contributed by atoms with E-state index in [2.05, 4.69) is 16.7 Å². The molecule has 0 fully saturated rings. The Bertz CT molecular complexity index is 943. The van der Waals surface area contributed by atoms with E-state index in [9.17, 15) is 14.9 Å². The van der Waals surface area contributed by atoms with Crippen molar-refractivity contribution in [3.05, 3.63) is 46.2 Å². The van der Waals surface area contributed by atoms with Gasteiger partial charge >= 0.3 is 6.09 Å². The minimum Gasteiger partial charge on any atom is -0.472 e. The lowest BCUT2D eigenvalue weighted by Gasteiger charge is -2.21. The fraction of sp³-hybridized carbons (Fsp3) is 0.381. The molecule has 8 nitrogen and oxygen atoms in total. The Morgan fingerprint density at radius 3 is 3.07 bits per heavy atom. The van der Waals surface area contributed by atoms with Crippen molar-refractivity contribution < 1.29 is 23.5 Å². The number of nitriles is 1. The number of hydrogen-bond donors (Lipinski definition) is 2. The summed E-state index contributed by atoms with van der Waals surface area (Å²) in [4.78, 5) is 25.0. The third kappa shape index (κ3) is 5.72. The van der Waals surface area contributed by atoms with Crippen molar-refractivity contribution in [3.63, 3.8) is 0 Å². The minimum absolute atomic E-state index is 0.181. The van der Waals surface area contributed by atoms with Gasteiger partial charge in [0.25, 0.3) is 0 Å². The molecule has 0 bridgehead atoms. The molecule has 1 atom stereocenters. The summed E-state index contributed by atoms with van der Waals surface area (Å²) in [6, 6.07) is 3.97.